The number of anilines is 2. The summed E-state index contributed by atoms with van der Waals surface area (Å²) >= 11 is 1.34. The highest BCUT2D eigenvalue weighted by Gasteiger charge is 2.19. The molecule has 2 aromatic carbocycles. The molecule has 0 saturated heterocycles. The van der Waals surface area contributed by atoms with Crippen LogP contribution >= 0.6 is 11.3 Å². The zero-order valence-corrected chi connectivity index (χ0v) is 18.4. The first-order valence-corrected chi connectivity index (χ1v) is 11.8. The predicted octanol–water partition coefficient (Wildman–Crippen LogP) is 4.45. The van der Waals surface area contributed by atoms with Crippen molar-refractivity contribution in [3.05, 3.63) is 59.5 Å². The summed E-state index contributed by atoms with van der Waals surface area (Å²) in [5.41, 5.74) is 1.75. The van der Waals surface area contributed by atoms with E-state index in [-0.39, 0.29) is 11.6 Å². The molecule has 0 spiro atoms. The summed E-state index contributed by atoms with van der Waals surface area (Å²) in [6, 6.07) is 16.3. The van der Waals surface area contributed by atoms with E-state index in [1.807, 2.05) is 43.3 Å². The van der Waals surface area contributed by atoms with Gasteiger partial charge < -0.3 is 14.8 Å². The number of carbonyl (C=O) groups is 1. The Morgan fingerprint density at radius 3 is 2.43 bits per heavy atom. The molecule has 0 saturated carbocycles. The summed E-state index contributed by atoms with van der Waals surface area (Å²) in [6.45, 7) is 2.30. The monoisotopic (exact) mass is 446 g/mol. The van der Waals surface area contributed by atoms with Crippen LogP contribution in [0.1, 0.15) is 16.6 Å². The smallest absolute Gasteiger partial charge is 0.269 e. The van der Waals surface area contributed by atoms with Gasteiger partial charge in [0.05, 0.1) is 25.7 Å². The van der Waals surface area contributed by atoms with Crippen LogP contribution in [0, 0.1) is 0 Å². The van der Waals surface area contributed by atoms with Crippen LogP contribution in [0.2, 0.25) is 0 Å². The summed E-state index contributed by atoms with van der Waals surface area (Å²) in [5.74, 6) is 0.483. The highest BCUT2D eigenvalue weighted by molar-refractivity contribution is 7.92. The number of hydrogen-bond donors (Lipinski definition) is 2. The van der Waals surface area contributed by atoms with Crippen molar-refractivity contribution in [1.82, 2.24) is 0 Å². The molecule has 2 N–H and O–H groups in total. The first kappa shape index (κ1) is 21.7. The summed E-state index contributed by atoms with van der Waals surface area (Å²) < 4.78 is 36.3. The van der Waals surface area contributed by atoms with E-state index in [0.717, 1.165) is 16.7 Å². The molecular formula is C21H22N2O5S2. The van der Waals surface area contributed by atoms with Gasteiger partial charge in [0.15, 0.2) is 0 Å². The van der Waals surface area contributed by atoms with Gasteiger partial charge in [-0.3, -0.25) is 9.52 Å². The molecule has 158 valence electrons. The second-order valence-electron chi connectivity index (χ2n) is 6.35. The first-order chi connectivity index (χ1) is 14.3. The average Bonchev–Trinajstić information content (AvgIpc) is 3.13. The lowest BCUT2D eigenvalue weighted by Gasteiger charge is -2.12. The largest absolute Gasteiger partial charge is 0.494 e. The van der Waals surface area contributed by atoms with E-state index < -0.39 is 10.0 Å². The molecule has 0 fully saturated rings. The van der Waals surface area contributed by atoms with Crippen molar-refractivity contribution in [2.75, 3.05) is 30.0 Å². The second kappa shape index (κ2) is 9.19. The van der Waals surface area contributed by atoms with E-state index in [4.69, 9.17) is 9.47 Å². The van der Waals surface area contributed by atoms with Gasteiger partial charge in [-0.15, -0.1) is 11.3 Å². The molecule has 0 aliphatic carbocycles. The Kier molecular flexibility index (Phi) is 6.63. The molecule has 0 aliphatic rings. The maximum Gasteiger partial charge on any atom is 0.269 e. The molecule has 3 aromatic rings. The predicted molar refractivity (Wildman–Crippen MR) is 120 cm³/mol. The number of methoxy groups -OCH3 is 1. The molecule has 3 rings (SSSR count). The summed E-state index contributed by atoms with van der Waals surface area (Å²) in [7, 11) is -2.03. The van der Waals surface area contributed by atoms with Crippen LogP contribution in [0.5, 0.6) is 11.5 Å². The fourth-order valence-corrected chi connectivity index (χ4v) is 4.35. The molecule has 0 bridgehead atoms. The van der Waals surface area contributed by atoms with Crippen molar-refractivity contribution in [3.63, 3.8) is 0 Å². The Labute approximate surface area is 179 Å². The van der Waals surface area contributed by atoms with Gasteiger partial charge in [0, 0.05) is 16.6 Å². The molecule has 30 heavy (non-hydrogen) atoms. The Bertz CT molecular complexity index is 1140. The van der Waals surface area contributed by atoms with E-state index in [0.29, 0.717) is 28.7 Å². The molecule has 9 heteroatoms. The van der Waals surface area contributed by atoms with Crippen LogP contribution in [0.25, 0.3) is 10.4 Å². The minimum atomic E-state index is -3.46. The Hall–Kier alpha value is -3.04. The fourth-order valence-electron chi connectivity index (χ4n) is 2.78. The molecule has 0 aliphatic heterocycles. The van der Waals surface area contributed by atoms with Gasteiger partial charge >= 0.3 is 0 Å². The Morgan fingerprint density at radius 1 is 1.07 bits per heavy atom. The zero-order valence-electron chi connectivity index (χ0n) is 16.8. The van der Waals surface area contributed by atoms with Gasteiger partial charge in [-0.1, -0.05) is 30.3 Å². The third kappa shape index (κ3) is 5.31. The second-order valence-corrected chi connectivity index (χ2v) is 9.15. The molecule has 0 unspecified atom stereocenters. The van der Waals surface area contributed by atoms with Crippen LogP contribution in [0.4, 0.5) is 11.4 Å². The van der Waals surface area contributed by atoms with E-state index in [9.17, 15) is 13.2 Å². The summed E-state index contributed by atoms with van der Waals surface area (Å²) in [5, 5.41) is 2.82. The lowest BCUT2D eigenvalue weighted by atomic mass is 10.2. The average molecular weight is 447 g/mol. The SMILES string of the molecule is CCOc1cc(-c2ccccc2)sc1C(=O)Nc1ccc(NS(C)(=O)=O)c(OC)c1. The molecule has 7 nitrogen and oxygen atoms in total. The maximum atomic E-state index is 12.9. The van der Waals surface area contributed by atoms with E-state index in [1.165, 1.54) is 24.5 Å². The highest BCUT2D eigenvalue weighted by Crippen LogP contribution is 2.37. The van der Waals surface area contributed by atoms with E-state index >= 15 is 0 Å². The van der Waals surface area contributed by atoms with Crippen LogP contribution in [-0.2, 0) is 10.0 Å². The van der Waals surface area contributed by atoms with Crippen molar-refractivity contribution in [1.29, 1.82) is 0 Å². The maximum absolute atomic E-state index is 12.9. The third-order valence-corrected chi connectivity index (χ3v) is 5.77. The zero-order chi connectivity index (χ0) is 21.7. The third-order valence-electron chi connectivity index (χ3n) is 4.02. The minimum Gasteiger partial charge on any atom is -0.494 e. The molecule has 1 heterocycles. The number of benzene rings is 2. The summed E-state index contributed by atoms with van der Waals surface area (Å²) in [4.78, 5) is 14.3. The number of hydrogen-bond acceptors (Lipinski definition) is 6. The van der Waals surface area contributed by atoms with E-state index in [2.05, 4.69) is 10.0 Å². The lowest BCUT2D eigenvalue weighted by molar-refractivity contribution is 0.102. The van der Waals surface area contributed by atoms with Crippen LogP contribution in [0.3, 0.4) is 0 Å². The first-order valence-electron chi connectivity index (χ1n) is 9.10. The Balaban J connectivity index is 1.87. The fraction of sp³-hybridized carbons (Fsp3) is 0.190. The molecular weight excluding hydrogens is 424 g/mol. The number of sulfonamides is 1. The van der Waals surface area contributed by atoms with E-state index in [1.54, 1.807) is 12.1 Å². The number of carbonyl (C=O) groups excluding carboxylic acids is 1. The summed E-state index contributed by atoms with van der Waals surface area (Å²) in [6.07, 6.45) is 1.05. The van der Waals surface area contributed by atoms with Gasteiger partial charge in [0.25, 0.3) is 5.91 Å². The minimum absolute atomic E-state index is 0.287. The van der Waals surface area contributed by atoms with Gasteiger partial charge in [0.1, 0.15) is 16.4 Å². The number of rotatable bonds is 8. The van der Waals surface area contributed by atoms with Gasteiger partial charge in [-0.25, -0.2) is 8.42 Å². The van der Waals surface area contributed by atoms with Crippen molar-refractivity contribution in [2.45, 2.75) is 6.92 Å². The van der Waals surface area contributed by atoms with Crippen molar-refractivity contribution in [3.8, 4) is 21.9 Å². The molecule has 1 aromatic heterocycles. The quantitative estimate of drug-likeness (QED) is 0.533. The van der Waals surface area contributed by atoms with Gasteiger partial charge in [-0.05, 0) is 30.7 Å². The van der Waals surface area contributed by atoms with Crippen LogP contribution in [0.15, 0.2) is 54.6 Å². The molecule has 0 radical (unpaired) electrons. The van der Waals surface area contributed by atoms with Crippen molar-refractivity contribution < 1.29 is 22.7 Å². The van der Waals surface area contributed by atoms with Crippen molar-refractivity contribution in [2.24, 2.45) is 0 Å². The standard InChI is InChI=1S/C21H22N2O5S2/c1-4-28-18-13-19(14-8-6-5-7-9-14)29-20(18)21(24)22-15-10-11-16(17(12-15)27-2)23-30(3,25)26/h5-13,23H,4H2,1-3H3,(H,22,24). The van der Waals surface area contributed by atoms with Crippen molar-refractivity contribution >= 4 is 38.6 Å². The number of thiophene rings is 1. The topological polar surface area (TPSA) is 93.7 Å². The lowest BCUT2D eigenvalue weighted by Crippen LogP contribution is -2.13. The van der Waals surface area contributed by atoms with Crippen LogP contribution < -0.4 is 19.5 Å². The normalized spacial score (nSPS) is 11.0. The number of amides is 1. The Morgan fingerprint density at radius 2 is 1.80 bits per heavy atom. The molecule has 0 atom stereocenters. The number of nitrogens with one attached hydrogen (secondary N) is 2. The molecule has 1 amide bonds. The highest BCUT2D eigenvalue weighted by atomic mass is 32.2. The van der Waals surface area contributed by atoms with Gasteiger partial charge in [-0.2, -0.15) is 0 Å². The number of ether oxygens (including phenoxy) is 2. The van der Waals surface area contributed by atoms with Crippen LogP contribution in [-0.4, -0.2) is 34.3 Å². The van der Waals surface area contributed by atoms with Gasteiger partial charge in [0.2, 0.25) is 10.0 Å².